The van der Waals surface area contributed by atoms with Crippen molar-refractivity contribution >= 4 is 9.84 Å². The molecule has 0 amide bonds. The summed E-state index contributed by atoms with van der Waals surface area (Å²) in [5.74, 6) is 0.675. The molecule has 1 unspecified atom stereocenters. The van der Waals surface area contributed by atoms with Gasteiger partial charge >= 0.3 is 0 Å². The third kappa shape index (κ3) is 2.93. The van der Waals surface area contributed by atoms with Crippen molar-refractivity contribution in [3.63, 3.8) is 0 Å². The van der Waals surface area contributed by atoms with E-state index in [-0.39, 0.29) is 0 Å². The Morgan fingerprint density at radius 2 is 2.08 bits per heavy atom. The molecule has 2 aliphatic heterocycles. The second-order valence-electron chi connectivity index (χ2n) is 3.76. The van der Waals surface area contributed by atoms with Gasteiger partial charge in [-0.3, -0.25) is 4.90 Å². The smallest absolute Gasteiger partial charge is 0.151 e. The molecule has 0 N–H and O–H groups in total. The number of rotatable bonds is 2. The molecule has 0 aromatic heterocycles. The Morgan fingerprint density at radius 3 is 2.77 bits per heavy atom. The molecular weight excluding hydrogens is 190 g/mol. The van der Waals surface area contributed by atoms with Crippen molar-refractivity contribution in [3.05, 3.63) is 0 Å². The van der Waals surface area contributed by atoms with Gasteiger partial charge in [0.15, 0.2) is 9.84 Å². The van der Waals surface area contributed by atoms with Gasteiger partial charge in [-0.2, -0.15) is 0 Å². The van der Waals surface area contributed by atoms with Gasteiger partial charge in [-0.1, -0.05) is 0 Å². The molecule has 13 heavy (non-hydrogen) atoms. The van der Waals surface area contributed by atoms with Gasteiger partial charge in [-0.15, -0.1) is 0 Å². The SMILES string of the molecule is O=S1(=O)CCCN(CC2CO2)CC1. The van der Waals surface area contributed by atoms with Crippen LogP contribution in [0.2, 0.25) is 0 Å². The maximum Gasteiger partial charge on any atom is 0.151 e. The fourth-order valence-corrected chi connectivity index (χ4v) is 2.94. The minimum atomic E-state index is -2.75. The quantitative estimate of drug-likeness (QED) is 0.571. The number of hydrogen-bond donors (Lipinski definition) is 0. The van der Waals surface area contributed by atoms with Gasteiger partial charge in [0.05, 0.1) is 24.2 Å². The Bertz CT molecular complexity index is 271. The Balaban J connectivity index is 1.86. The van der Waals surface area contributed by atoms with E-state index in [2.05, 4.69) is 4.90 Å². The molecule has 2 fully saturated rings. The van der Waals surface area contributed by atoms with Crippen LogP contribution in [-0.4, -0.2) is 57.2 Å². The van der Waals surface area contributed by atoms with Crippen molar-refractivity contribution in [3.8, 4) is 0 Å². The van der Waals surface area contributed by atoms with E-state index in [1.54, 1.807) is 0 Å². The van der Waals surface area contributed by atoms with Crippen LogP contribution in [0.25, 0.3) is 0 Å². The molecule has 2 heterocycles. The summed E-state index contributed by atoms with van der Waals surface area (Å²) in [5.41, 5.74) is 0. The van der Waals surface area contributed by atoms with E-state index in [1.165, 1.54) is 0 Å². The van der Waals surface area contributed by atoms with Crippen molar-refractivity contribution in [2.24, 2.45) is 0 Å². The first-order valence-corrected chi connectivity index (χ1v) is 6.52. The van der Waals surface area contributed by atoms with E-state index in [0.29, 0.717) is 24.2 Å². The predicted molar refractivity (Wildman–Crippen MR) is 49.5 cm³/mol. The summed E-state index contributed by atoms with van der Waals surface area (Å²) < 4.78 is 27.6. The van der Waals surface area contributed by atoms with Crippen LogP contribution >= 0.6 is 0 Å². The van der Waals surface area contributed by atoms with Gasteiger partial charge in [-0.05, 0) is 13.0 Å². The minimum Gasteiger partial charge on any atom is -0.372 e. The molecule has 5 heteroatoms. The largest absolute Gasteiger partial charge is 0.372 e. The van der Waals surface area contributed by atoms with Crippen LogP contribution in [0.15, 0.2) is 0 Å². The molecule has 0 aromatic carbocycles. The summed E-state index contributed by atoms with van der Waals surface area (Å²) in [4.78, 5) is 2.20. The second kappa shape index (κ2) is 3.55. The maximum absolute atomic E-state index is 11.3. The Labute approximate surface area is 78.8 Å². The zero-order valence-electron chi connectivity index (χ0n) is 7.61. The summed E-state index contributed by atoms with van der Waals surface area (Å²) >= 11 is 0. The molecule has 0 aliphatic carbocycles. The molecule has 0 spiro atoms. The highest BCUT2D eigenvalue weighted by molar-refractivity contribution is 7.91. The van der Waals surface area contributed by atoms with Crippen molar-refractivity contribution < 1.29 is 13.2 Å². The number of epoxide rings is 1. The van der Waals surface area contributed by atoms with Gasteiger partial charge in [0.1, 0.15) is 0 Å². The first-order chi connectivity index (χ1) is 6.16. The first-order valence-electron chi connectivity index (χ1n) is 4.70. The van der Waals surface area contributed by atoms with E-state index in [1.807, 2.05) is 0 Å². The van der Waals surface area contributed by atoms with Gasteiger partial charge in [0.2, 0.25) is 0 Å². The monoisotopic (exact) mass is 205 g/mol. The van der Waals surface area contributed by atoms with Crippen LogP contribution in [0.4, 0.5) is 0 Å². The average Bonchev–Trinajstić information content (AvgIpc) is 2.83. The van der Waals surface area contributed by atoms with Crippen LogP contribution in [0, 0.1) is 0 Å². The van der Waals surface area contributed by atoms with Gasteiger partial charge in [-0.25, -0.2) is 8.42 Å². The lowest BCUT2D eigenvalue weighted by atomic mass is 10.3. The normalized spacial score (nSPS) is 34.0. The highest BCUT2D eigenvalue weighted by atomic mass is 32.2. The second-order valence-corrected chi connectivity index (χ2v) is 6.06. The van der Waals surface area contributed by atoms with E-state index in [4.69, 9.17) is 4.74 Å². The van der Waals surface area contributed by atoms with Crippen molar-refractivity contribution in [2.75, 3.05) is 37.7 Å². The summed E-state index contributed by atoms with van der Waals surface area (Å²) in [6.45, 7) is 3.35. The van der Waals surface area contributed by atoms with Crippen LogP contribution in [0.1, 0.15) is 6.42 Å². The molecule has 0 saturated carbocycles. The Morgan fingerprint density at radius 1 is 1.31 bits per heavy atom. The van der Waals surface area contributed by atoms with Crippen molar-refractivity contribution in [1.82, 2.24) is 4.90 Å². The number of sulfone groups is 1. The van der Waals surface area contributed by atoms with E-state index in [0.717, 1.165) is 26.1 Å². The van der Waals surface area contributed by atoms with Crippen LogP contribution in [0.5, 0.6) is 0 Å². The van der Waals surface area contributed by atoms with E-state index >= 15 is 0 Å². The molecule has 2 aliphatic rings. The fourth-order valence-electron chi connectivity index (χ4n) is 1.63. The van der Waals surface area contributed by atoms with Gasteiger partial charge in [0, 0.05) is 13.1 Å². The van der Waals surface area contributed by atoms with Crippen molar-refractivity contribution in [1.29, 1.82) is 0 Å². The molecule has 4 nitrogen and oxygen atoms in total. The predicted octanol–water partition coefficient (Wildman–Crippen LogP) is -0.494. The average molecular weight is 205 g/mol. The number of ether oxygens (including phenoxy) is 1. The molecule has 2 rings (SSSR count). The molecular formula is C8H15NO3S. The fraction of sp³-hybridized carbons (Fsp3) is 1.00. The number of nitrogens with zero attached hydrogens (tertiary/aromatic N) is 1. The molecule has 0 radical (unpaired) electrons. The zero-order valence-corrected chi connectivity index (χ0v) is 8.42. The molecule has 1 atom stereocenters. The highest BCUT2D eigenvalue weighted by Gasteiger charge is 2.27. The lowest BCUT2D eigenvalue weighted by Gasteiger charge is -2.17. The van der Waals surface area contributed by atoms with Gasteiger partial charge < -0.3 is 4.74 Å². The highest BCUT2D eigenvalue weighted by Crippen LogP contribution is 2.13. The summed E-state index contributed by atoms with van der Waals surface area (Å²) in [6.07, 6.45) is 1.15. The zero-order chi connectivity index (χ0) is 9.31. The summed E-state index contributed by atoms with van der Waals surface area (Å²) in [6, 6.07) is 0. The third-order valence-corrected chi connectivity index (χ3v) is 4.23. The van der Waals surface area contributed by atoms with Crippen LogP contribution in [0.3, 0.4) is 0 Å². The lowest BCUT2D eigenvalue weighted by molar-refractivity contribution is 0.257. The minimum absolute atomic E-state index is 0.319. The Hall–Kier alpha value is -0.130. The Kier molecular flexibility index (Phi) is 2.58. The standard InChI is InChI=1S/C8H15NO3S/c10-13(11)4-1-2-9(3-5-13)6-8-7-12-8/h8H,1-7H2. The molecule has 0 aromatic rings. The molecule has 0 bridgehead atoms. The first kappa shape index (κ1) is 9.43. The van der Waals surface area contributed by atoms with Gasteiger partial charge in [0.25, 0.3) is 0 Å². The summed E-state index contributed by atoms with van der Waals surface area (Å²) in [7, 11) is -2.75. The van der Waals surface area contributed by atoms with E-state index in [9.17, 15) is 8.42 Å². The lowest BCUT2D eigenvalue weighted by Crippen LogP contribution is -2.30. The topological polar surface area (TPSA) is 49.9 Å². The maximum atomic E-state index is 11.3. The van der Waals surface area contributed by atoms with Crippen LogP contribution < -0.4 is 0 Å². The van der Waals surface area contributed by atoms with Crippen LogP contribution in [-0.2, 0) is 14.6 Å². The van der Waals surface area contributed by atoms with E-state index < -0.39 is 9.84 Å². The van der Waals surface area contributed by atoms with Crippen molar-refractivity contribution in [2.45, 2.75) is 12.5 Å². The molecule has 2 saturated heterocycles. The third-order valence-electron chi connectivity index (χ3n) is 2.51. The molecule has 76 valence electrons. The summed E-state index contributed by atoms with van der Waals surface area (Å²) in [5, 5.41) is 0. The number of hydrogen-bond acceptors (Lipinski definition) is 4.